The van der Waals surface area contributed by atoms with E-state index >= 15 is 0 Å². The zero-order valence-corrected chi connectivity index (χ0v) is 9.82. The van der Waals surface area contributed by atoms with Crippen LogP contribution in [0.5, 0.6) is 0 Å². The maximum absolute atomic E-state index is 12.0. The molecular weight excluding hydrogens is 208 g/mol. The van der Waals surface area contributed by atoms with Crippen molar-refractivity contribution in [3.8, 4) is 0 Å². The van der Waals surface area contributed by atoms with Crippen LogP contribution in [0.1, 0.15) is 20.3 Å². The summed E-state index contributed by atoms with van der Waals surface area (Å²) in [4.78, 5) is 24.0. The van der Waals surface area contributed by atoms with Crippen LogP contribution >= 0.6 is 0 Å². The van der Waals surface area contributed by atoms with Crippen molar-refractivity contribution in [2.45, 2.75) is 20.3 Å². The van der Waals surface area contributed by atoms with E-state index in [2.05, 4.69) is 6.58 Å². The summed E-state index contributed by atoms with van der Waals surface area (Å²) in [5.41, 5.74) is -1.18. The Bertz CT molecular complexity index is 297. The van der Waals surface area contributed by atoms with E-state index in [1.54, 1.807) is 19.9 Å². The van der Waals surface area contributed by atoms with Crippen molar-refractivity contribution in [2.75, 3.05) is 19.8 Å². The molecule has 16 heavy (non-hydrogen) atoms. The largest absolute Gasteiger partial charge is 0.465 e. The predicted octanol–water partition coefficient (Wildman–Crippen LogP) is 1.35. The van der Waals surface area contributed by atoms with E-state index in [0.717, 1.165) is 0 Å². The monoisotopic (exact) mass is 226 g/mol. The van der Waals surface area contributed by atoms with Crippen molar-refractivity contribution in [3.05, 3.63) is 12.7 Å². The van der Waals surface area contributed by atoms with Gasteiger partial charge in [0.25, 0.3) is 0 Å². The minimum Gasteiger partial charge on any atom is -0.465 e. The van der Waals surface area contributed by atoms with Gasteiger partial charge in [0.2, 0.25) is 0 Å². The lowest BCUT2D eigenvalue weighted by molar-refractivity contribution is -0.172. The molecule has 0 radical (unpaired) electrons. The second kappa shape index (κ2) is 5.25. The molecule has 0 N–H and O–H groups in total. The van der Waals surface area contributed by atoms with Crippen molar-refractivity contribution in [1.82, 2.24) is 0 Å². The van der Waals surface area contributed by atoms with Gasteiger partial charge < -0.3 is 9.47 Å². The average Bonchev–Trinajstić information content (AvgIpc) is 2.29. The highest BCUT2D eigenvalue weighted by Crippen LogP contribution is 2.35. The van der Waals surface area contributed by atoms with Crippen molar-refractivity contribution < 1.29 is 19.1 Å². The molecule has 1 fully saturated rings. The molecule has 1 rings (SSSR count). The molecule has 0 spiro atoms. The number of ether oxygens (including phenoxy) is 2. The fourth-order valence-corrected chi connectivity index (χ4v) is 1.91. The minimum atomic E-state index is -1.18. The molecule has 0 amide bonds. The van der Waals surface area contributed by atoms with Gasteiger partial charge >= 0.3 is 5.97 Å². The van der Waals surface area contributed by atoms with E-state index in [1.807, 2.05) is 0 Å². The Morgan fingerprint density at radius 2 is 2.44 bits per heavy atom. The predicted molar refractivity (Wildman–Crippen MR) is 58.9 cm³/mol. The first-order chi connectivity index (χ1) is 7.59. The third kappa shape index (κ3) is 2.02. The third-order valence-corrected chi connectivity index (χ3v) is 3.07. The van der Waals surface area contributed by atoms with Crippen LogP contribution in [0, 0.1) is 11.3 Å². The molecule has 4 nitrogen and oxygen atoms in total. The number of Topliss-reactive ketones (excluding diaryl/α,β-unsaturated/α-hetero) is 1. The third-order valence-electron chi connectivity index (χ3n) is 3.07. The zero-order valence-electron chi connectivity index (χ0n) is 9.82. The second-order valence-electron chi connectivity index (χ2n) is 3.94. The highest BCUT2D eigenvalue weighted by atomic mass is 16.5. The molecule has 1 saturated heterocycles. The smallest absolute Gasteiger partial charge is 0.322 e. The summed E-state index contributed by atoms with van der Waals surface area (Å²) < 4.78 is 10.3. The lowest BCUT2D eigenvalue weighted by Crippen LogP contribution is -2.51. The Hall–Kier alpha value is -1.16. The van der Waals surface area contributed by atoms with Gasteiger partial charge in [-0.3, -0.25) is 9.59 Å². The fraction of sp³-hybridized carbons (Fsp3) is 0.667. The van der Waals surface area contributed by atoms with E-state index in [9.17, 15) is 9.59 Å². The number of allylic oxidation sites excluding steroid dienone is 1. The Kier molecular flexibility index (Phi) is 4.24. The van der Waals surface area contributed by atoms with Crippen LogP contribution < -0.4 is 0 Å². The molecule has 0 bridgehead atoms. The first-order valence-electron chi connectivity index (χ1n) is 5.50. The number of carbonyl (C=O) groups excluding carboxylic acids is 2. The highest BCUT2D eigenvalue weighted by molar-refractivity contribution is 6.05. The number of carbonyl (C=O) groups is 2. The molecule has 0 aromatic carbocycles. The molecule has 90 valence electrons. The topological polar surface area (TPSA) is 52.6 Å². The number of rotatable bonds is 4. The Morgan fingerprint density at radius 3 is 2.94 bits per heavy atom. The lowest BCUT2D eigenvalue weighted by atomic mass is 9.71. The van der Waals surface area contributed by atoms with Gasteiger partial charge in [-0.25, -0.2) is 0 Å². The normalized spacial score (nSPS) is 27.2. The van der Waals surface area contributed by atoms with E-state index in [-0.39, 0.29) is 31.3 Å². The first-order valence-corrected chi connectivity index (χ1v) is 5.50. The lowest BCUT2D eigenvalue weighted by Gasteiger charge is -2.36. The number of esters is 1. The highest BCUT2D eigenvalue weighted by Gasteiger charge is 2.52. The average molecular weight is 226 g/mol. The SMILES string of the molecule is C=CC(C)C1(C(=O)OCC)COCCC1=O. The summed E-state index contributed by atoms with van der Waals surface area (Å²) in [5, 5.41) is 0. The molecule has 0 aromatic rings. The molecule has 4 heteroatoms. The zero-order chi connectivity index (χ0) is 12.2. The molecule has 2 unspecified atom stereocenters. The Balaban J connectivity index is 3.04. The first kappa shape index (κ1) is 12.9. The molecule has 0 aromatic heterocycles. The van der Waals surface area contributed by atoms with E-state index < -0.39 is 11.4 Å². The summed E-state index contributed by atoms with van der Waals surface area (Å²) in [6.07, 6.45) is 1.86. The minimum absolute atomic E-state index is 0.0951. The van der Waals surface area contributed by atoms with Crippen LogP contribution in [-0.2, 0) is 19.1 Å². The van der Waals surface area contributed by atoms with Gasteiger partial charge in [-0.05, 0) is 12.8 Å². The van der Waals surface area contributed by atoms with Gasteiger partial charge in [0.15, 0.2) is 11.2 Å². The number of ketones is 1. The van der Waals surface area contributed by atoms with Gasteiger partial charge in [0.05, 0.1) is 19.8 Å². The van der Waals surface area contributed by atoms with Gasteiger partial charge in [-0.1, -0.05) is 13.0 Å². The van der Waals surface area contributed by atoms with Crippen LogP contribution in [0.4, 0.5) is 0 Å². The summed E-state index contributed by atoms with van der Waals surface area (Å²) >= 11 is 0. The summed E-state index contributed by atoms with van der Waals surface area (Å²) in [6.45, 7) is 7.89. The molecule has 1 aliphatic heterocycles. The van der Waals surface area contributed by atoms with Gasteiger partial charge in [-0.2, -0.15) is 0 Å². The van der Waals surface area contributed by atoms with Crippen molar-refractivity contribution in [1.29, 1.82) is 0 Å². The molecule has 0 saturated carbocycles. The Labute approximate surface area is 95.6 Å². The quantitative estimate of drug-likeness (QED) is 0.412. The van der Waals surface area contributed by atoms with Crippen molar-refractivity contribution in [3.63, 3.8) is 0 Å². The van der Waals surface area contributed by atoms with Crippen molar-refractivity contribution in [2.24, 2.45) is 11.3 Å². The summed E-state index contributed by atoms with van der Waals surface area (Å²) in [7, 11) is 0. The molecule has 1 aliphatic rings. The molecule has 1 heterocycles. The summed E-state index contributed by atoms with van der Waals surface area (Å²) in [5.74, 6) is -0.879. The standard InChI is InChI=1S/C12H18O4/c1-4-9(3)12(11(14)16-5-2)8-15-7-6-10(12)13/h4,9H,1,5-8H2,2-3H3. The molecule has 2 atom stereocenters. The van der Waals surface area contributed by atoms with E-state index in [1.165, 1.54) is 0 Å². The van der Waals surface area contributed by atoms with Crippen LogP contribution in [0.25, 0.3) is 0 Å². The van der Waals surface area contributed by atoms with Crippen LogP contribution in [0.15, 0.2) is 12.7 Å². The van der Waals surface area contributed by atoms with Gasteiger partial charge in [0, 0.05) is 6.42 Å². The van der Waals surface area contributed by atoms with Gasteiger partial charge in [0.1, 0.15) is 0 Å². The molecule has 0 aliphatic carbocycles. The van der Waals surface area contributed by atoms with Gasteiger partial charge in [-0.15, -0.1) is 6.58 Å². The summed E-state index contributed by atoms with van der Waals surface area (Å²) in [6, 6.07) is 0. The maximum Gasteiger partial charge on any atom is 0.322 e. The number of hydrogen-bond donors (Lipinski definition) is 0. The maximum atomic E-state index is 12.0. The van der Waals surface area contributed by atoms with Crippen LogP contribution in [0.2, 0.25) is 0 Å². The van der Waals surface area contributed by atoms with Crippen molar-refractivity contribution >= 4 is 11.8 Å². The number of hydrogen-bond acceptors (Lipinski definition) is 4. The van der Waals surface area contributed by atoms with Crippen LogP contribution in [-0.4, -0.2) is 31.6 Å². The van der Waals surface area contributed by atoms with E-state index in [0.29, 0.717) is 6.61 Å². The molecular formula is C12H18O4. The fourth-order valence-electron chi connectivity index (χ4n) is 1.91. The van der Waals surface area contributed by atoms with Crippen LogP contribution in [0.3, 0.4) is 0 Å². The second-order valence-corrected chi connectivity index (χ2v) is 3.94. The Morgan fingerprint density at radius 1 is 1.75 bits per heavy atom. The van der Waals surface area contributed by atoms with E-state index in [4.69, 9.17) is 9.47 Å².